The number of hydrogen-bond acceptors (Lipinski definition) is 4. The molecule has 2 N–H and O–H groups in total. The van der Waals surface area contributed by atoms with Gasteiger partial charge in [0.05, 0.1) is 5.25 Å². The predicted octanol–water partition coefficient (Wildman–Crippen LogP) is 2.01. The van der Waals surface area contributed by atoms with Gasteiger partial charge in [0, 0.05) is 25.2 Å². The lowest BCUT2D eigenvalue weighted by molar-refractivity contribution is -0.116. The molecule has 1 unspecified atom stereocenters. The zero-order valence-corrected chi connectivity index (χ0v) is 16.0. The Balaban J connectivity index is 2.56. The quantitative estimate of drug-likeness (QED) is 0.710. The van der Waals surface area contributed by atoms with Crippen LogP contribution in [0.25, 0.3) is 0 Å². The van der Waals surface area contributed by atoms with Crippen LogP contribution >= 0.6 is 0 Å². The number of benzene rings is 1. The van der Waals surface area contributed by atoms with Crippen LogP contribution in [0, 0.1) is 0 Å². The van der Waals surface area contributed by atoms with E-state index in [9.17, 15) is 13.2 Å². The number of rotatable bonds is 9. The largest absolute Gasteiger partial charge is 0.326 e. The van der Waals surface area contributed by atoms with Crippen LogP contribution in [0.4, 0.5) is 5.69 Å². The highest BCUT2D eigenvalue weighted by Crippen LogP contribution is 2.18. The zero-order chi connectivity index (χ0) is 18.3. The maximum atomic E-state index is 11.8. The summed E-state index contributed by atoms with van der Waals surface area (Å²) >= 11 is 0. The second-order valence-corrected chi connectivity index (χ2v) is 8.89. The molecule has 6 nitrogen and oxygen atoms in total. The Bertz CT molecular complexity index is 625. The fraction of sp³-hybridized carbons (Fsp3) is 0.588. The molecule has 0 bridgehead atoms. The highest BCUT2D eigenvalue weighted by molar-refractivity contribution is 7.90. The summed E-state index contributed by atoms with van der Waals surface area (Å²) in [6.45, 7) is 6.33. The third-order valence-electron chi connectivity index (χ3n) is 3.76. The molecule has 24 heavy (non-hydrogen) atoms. The fourth-order valence-electron chi connectivity index (χ4n) is 1.97. The van der Waals surface area contributed by atoms with Gasteiger partial charge in [-0.2, -0.15) is 0 Å². The average molecular weight is 356 g/mol. The first-order chi connectivity index (χ1) is 11.1. The number of nitrogens with one attached hydrogen (secondary N) is 2. The van der Waals surface area contributed by atoms with Crippen LogP contribution in [-0.4, -0.2) is 51.7 Å². The number of carbonyl (C=O) groups is 1. The topological polar surface area (TPSA) is 78.5 Å². The molecule has 0 aliphatic heterocycles. The van der Waals surface area contributed by atoms with Crippen molar-refractivity contribution < 1.29 is 13.2 Å². The Kier molecular flexibility index (Phi) is 7.86. The fourth-order valence-corrected chi connectivity index (χ4v) is 2.78. The molecule has 0 spiro atoms. The van der Waals surface area contributed by atoms with E-state index in [0.717, 1.165) is 11.3 Å². The number of amides is 1. The van der Waals surface area contributed by atoms with Gasteiger partial charge < -0.3 is 10.2 Å². The maximum Gasteiger partial charge on any atom is 0.225 e. The van der Waals surface area contributed by atoms with Gasteiger partial charge in [-0.15, -0.1) is 0 Å². The summed E-state index contributed by atoms with van der Waals surface area (Å²) in [5.74, 6) is 0.0335. The van der Waals surface area contributed by atoms with Gasteiger partial charge in [-0.1, -0.05) is 19.1 Å². The first-order valence-corrected chi connectivity index (χ1v) is 9.69. The molecule has 0 heterocycles. The number of carbonyl (C=O) groups excluding carboxylic acids is 1. The van der Waals surface area contributed by atoms with Gasteiger partial charge in [0.2, 0.25) is 15.9 Å². The van der Waals surface area contributed by atoms with Crippen molar-refractivity contribution in [2.75, 3.05) is 32.5 Å². The van der Waals surface area contributed by atoms with Crippen LogP contribution in [0.1, 0.15) is 38.7 Å². The van der Waals surface area contributed by atoms with E-state index in [0.29, 0.717) is 19.5 Å². The van der Waals surface area contributed by atoms with E-state index in [-0.39, 0.29) is 11.8 Å². The SMILES string of the molecule is CC(CNS(=O)(=O)C(C)C)c1ccc(NC(=O)CCN(C)C)cc1. The number of hydrogen-bond donors (Lipinski definition) is 2. The molecule has 1 atom stereocenters. The number of anilines is 1. The lowest BCUT2D eigenvalue weighted by Crippen LogP contribution is -2.33. The smallest absolute Gasteiger partial charge is 0.225 e. The third kappa shape index (κ3) is 6.98. The standard InChI is InChI=1S/C17H29N3O3S/c1-13(2)24(22,23)18-12-14(3)15-6-8-16(9-7-15)19-17(21)10-11-20(4)5/h6-9,13-14,18H,10-12H2,1-5H3,(H,19,21). The molecular formula is C17H29N3O3S. The Hall–Kier alpha value is -1.44. The van der Waals surface area contributed by atoms with Crippen molar-refractivity contribution in [3.05, 3.63) is 29.8 Å². The van der Waals surface area contributed by atoms with E-state index in [1.165, 1.54) is 0 Å². The highest BCUT2D eigenvalue weighted by Gasteiger charge is 2.17. The van der Waals surface area contributed by atoms with Crippen LogP contribution < -0.4 is 10.0 Å². The molecule has 0 aliphatic carbocycles. The second kappa shape index (κ2) is 9.15. The Labute approximate surface area is 145 Å². The minimum atomic E-state index is -3.25. The van der Waals surface area contributed by atoms with Crippen LogP contribution in [0.3, 0.4) is 0 Å². The molecule has 136 valence electrons. The van der Waals surface area contributed by atoms with E-state index in [1.807, 2.05) is 50.2 Å². The minimum absolute atomic E-state index is 0.0193. The van der Waals surface area contributed by atoms with E-state index in [2.05, 4.69) is 10.0 Å². The van der Waals surface area contributed by atoms with Gasteiger partial charge in [0.15, 0.2) is 0 Å². The van der Waals surface area contributed by atoms with Crippen molar-refractivity contribution in [2.45, 2.75) is 38.4 Å². The van der Waals surface area contributed by atoms with Gasteiger partial charge in [0.25, 0.3) is 0 Å². The van der Waals surface area contributed by atoms with Crippen LogP contribution in [0.2, 0.25) is 0 Å². The van der Waals surface area contributed by atoms with E-state index in [1.54, 1.807) is 13.8 Å². The Morgan fingerprint density at radius 1 is 1.12 bits per heavy atom. The Morgan fingerprint density at radius 3 is 2.21 bits per heavy atom. The summed E-state index contributed by atoms with van der Waals surface area (Å²) in [6.07, 6.45) is 0.447. The first kappa shape index (κ1) is 20.6. The monoisotopic (exact) mass is 355 g/mol. The van der Waals surface area contributed by atoms with Gasteiger partial charge in [-0.05, 0) is 51.6 Å². The van der Waals surface area contributed by atoms with E-state index >= 15 is 0 Å². The third-order valence-corrected chi connectivity index (χ3v) is 5.57. The lowest BCUT2D eigenvalue weighted by atomic mass is 10.0. The van der Waals surface area contributed by atoms with Crippen LogP contribution in [0.5, 0.6) is 0 Å². The van der Waals surface area contributed by atoms with Crippen molar-refractivity contribution in [2.24, 2.45) is 0 Å². The van der Waals surface area contributed by atoms with Crippen molar-refractivity contribution in [3.8, 4) is 0 Å². The molecule has 1 rings (SSSR count). The average Bonchev–Trinajstić information content (AvgIpc) is 2.51. The van der Waals surface area contributed by atoms with Gasteiger partial charge >= 0.3 is 0 Å². The zero-order valence-electron chi connectivity index (χ0n) is 15.2. The summed E-state index contributed by atoms with van der Waals surface area (Å²) < 4.78 is 26.2. The second-order valence-electron chi connectivity index (χ2n) is 6.57. The molecule has 0 aromatic heterocycles. The van der Waals surface area contributed by atoms with Gasteiger partial charge in [0.1, 0.15) is 0 Å². The summed E-state index contributed by atoms with van der Waals surface area (Å²) in [7, 11) is 0.605. The van der Waals surface area contributed by atoms with Crippen LogP contribution in [0.15, 0.2) is 24.3 Å². The summed E-state index contributed by atoms with van der Waals surface area (Å²) in [5.41, 5.74) is 1.77. The molecule has 0 fully saturated rings. The molecule has 0 aliphatic rings. The highest BCUT2D eigenvalue weighted by atomic mass is 32.2. The molecule has 1 aromatic rings. The molecular weight excluding hydrogens is 326 g/mol. The molecule has 0 saturated heterocycles. The summed E-state index contributed by atoms with van der Waals surface area (Å²) in [6, 6.07) is 7.51. The van der Waals surface area contributed by atoms with Crippen molar-refractivity contribution in [1.29, 1.82) is 0 Å². The van der Waals surface area contributed by atoms with E-state index < -0.39 is 15.3 Å². The normalized spacial score (nSPS) is 13.3. The minimum Gasteiger partial charge on any atom is -0.326 e. The molecule has 0 saturated carbocycles. The molecule has 7 heteroatoms. The first-order valence-electron chi connectivity index (χ1n) is 8.15. The van der Waals surface area contributed by atoms with Crippen molar-refractivity contribution >= 4 is 21.6 Å². The van der Waals surface area contributed by atoms with Gasteiger partial charge in [-0.3, -0.25) is 4.79 Å². The Morgan fingerprint density at radius 2 is 1.71 bits per heavy atom. The molecule has 1 amide bonds. The summed E-state index contributed by atoms with van der Waals surface area (Å²) in [5, 5.41) is 2.42. The number of sulfonamides is 1. The van der Waals surface area contributed by atoms with Gasteiger partial charge in [-0.25, -0.2) is 13.1 Å². The van der Waals surface area contributed by atoms with E-state index in [4.69, 9.17) is 0 Å². The number of nitrogens with zero attached hydrogens (tertiary/aromatic N) is 1. The van der Waals surface area contributed by atoms with Crippen molar-refractivity contribution in [3.63, 3.8) is 0 Å². The van der Waals surface area contributed by atoms with Crippen molar-refractivity contribution in [1.82, 2.24) is 9.62 Å². The molecule has 1 aromatic carbocycles. The summed E-state index contributed by atoms with van der Waals surface area (Å²) in [4.78, 5) is 13.8. The lowest BCUT2D eigenvalue weighted by Gasteiger charge is -2.15. The molecule has 0 radical (unpaired) electrons. The maximum absolute atomic E-state index is 11.8. The van der Waals surface area contributed by atoms with Crippen LogP contribution in [-0.2, 0) is 14.8 Å². The predicted molar refractivity (Wildman–Crippen MR) is 98.7 cm³/mol.